The van der Waals surface area contributed by atoms with Gasteiger partial charge in [0.1, 0.15) is 0 Å². The van der Waals surface area contributed by atoms with Crippen LogP contribution in [0.15, 0.2) is 0 Å². The fourth-order valence-electron chi connectivity index (χ4n) is 1.78. The quantitative estimate of drug-likeness (QED) is 0.684. The lowest BCUT2D eigenvalue weighted by Crippen LogP contribution is -2.51. The zero-order valence-corrected chi connectivity index (χ0v) is 9.62. The van der Waals surface area contributed by atoms with Crippen molar-refractivity contribution in [2.45, 2.75) is 71.9 Å². The Kier molecular flexibility index (Phi) is 4.25. The van der Waals surface area contributed by atoms with E-state index in [1.54, 1.807) is 0 Å². The summed E-state index contributed by atoms with van der Waals surface area (Å²) in [6.45, 7) is 13.5. The van der Waals surface area contributed by atoms with Gasteiger partial charge in [-0.05, 0) is 40.5 Å². The number of rotatable bonds is 4. The van der Waals surface area contributed by atoms with E-state index in [0.717, 1.165) is 0 Å². The predicted molar refractivity (Wildman–Crippen MR) is 56.5 cm³/mol. The third kappa shape index (κ3) is 4.76. The van der Waals surface area contributed by atoms with Crippen molar-refractivity contribution in [1.29, 1.82) is 0 Å². The summed E-state index contributed by atoms with van der Waals surface area (Å²) in [4.78, 5) is 0. The smallest absolute Gasteiger partial charge is 0.0155 e. The van der Waals surface area contributed by atoms with Crippen molar-refractivity contribution in [3.8, 4) is 0 Å². The Morgan fingerprint density at radius 3 is 1.75 bits per heavy atom. The highest BCUT2D eigenvalue weighted by molar-refractivity contribution is 4.87. The molecule has 1 atom stereocenters. The summed E-state index contributed by atoms with van der Waals surface area (Å²) < 4.78 is 0. The molecule has 0 aromatic carbocycles. The fourth-order valence-corrected chi connectivity index (χ4v) is 1.78. The molecule has 0 aromatic rings. The van der Waals surface area contributed by atoms with Crippen LogP contribution in [0, 0.1) is 0 Å². The first-order valence-electron chi connectivity index (χ1n) is 5.12. The lowest BCUT2D eigenvalue weighted by Gasteiger charge is -2.37. The predicted octanol–water partition coefficient (Wildman–Crippen LogP) is 3.34. The third-order valence-corrected chi connectivity index (χ3v) is 2.26. The van der Waals surface area contributed by atoms with Crippen LogP contribution in [-0.2, 0) is 0 Å². The second-order valence-electron chi connectivity index (χ2n) is 5.04. The van der Waals surface area contributed by atoms with E-state index in [1.165, 1.54) is 19.3 Å². The van der Waals surface area contributed by atoms with Crippen molar-refractivity contribution in [3.63, 3.8) is 0 Å². The van der Waals surface area contributed by atoms with Gasteiger partial charge in [0, 0.05) is 11.1 Å². The fraction of sp³-hybridized carbons (Fsp3) is 1.00. The Morgan fingerprint density at radius 2 is 1.50 bits per heavy atom. The molecule has 0 bridgehead atoms. The van der Waals surface area contributed by atoms with Crippen LogP contribution in [0.25, 0.3) is 0 Å². The molecule has 1 N–H and O–H groups in total. The van der Waals surface area contributed by atoms with Gasteiger partial charge in [-0.2, -0.15) is 0 Å². The molecule has 0 aliphatic carbocycles. The summed E-state index contributed by atoms with van der Waals surface area (Å²) in [5, 5.41) is 3.68. The minimum atomic E-state index is 0.236. The van der Waals surface area contributed by atoms with Crippen LogP contribution in [0.3, 0.4) is 0 Å². The molecule has 0 aliphatic rings. The van der Waals surface area contributed by atoms with Crippen LogP contribution in [-0.4, -0.2) is 11.1 Å². The zero-order chi connectivity index (χ0) is 9.83. The van der Waals surface area contributed by atoms with Crippen LogP contribution in [0.2, 0.25) is 0 Å². The van der Waals surface area contributed by atoms with Crippen LogP contribution in [0.4, 0.5) is 0 Å². The Morgan fingerprint density at radius 1 is 1.00 bits per heavy atom. The van der Waals surface area contributed by atoms with E-state index in [-0.39, 0.29) is 5.54 Å². The lowest BCUT2D eigenvalue weighted by molar-refractivity contribution is 0.238. The summed E-state index contributed by atoms with van der Waals surface area (Å²) in [5.41, 5.74) is 0.562. The SMILES string of the molecule is CCCC(C)(CC)NC(C)(C)C. The molecule has 0 heterocycles. The minimum Gasteiger partial charge on any atom is -0.307 e. The van der Waals surface area contributed by atoms with Crippen LogP contribution >= 0.6 is 0 Å². The van der Waals surface area contributed by atoms with E-state index in [1.807, 2.05) is 0 Å². The summed E-state index contributed by atoms with van der Waals surface area (Å²) in [6.07, 6.45) is 3.73. The van der Waals surface area contributed by atoms with Gasteiger partial charge in [-0.3, -0.25) is 0 Å². The summed E-state index contributed by atoms with van der Waals surface area (Å²) >= 11 is 0. The maximum atomic E-state index is 3.68. The van der Waals surface area contributed by atoms with Crippen LogP contribution in [0.1, 0.15) is 60.8 Å². The van der Waals surface area contributed by atoms with Gasteiger partial charge in [-0.15, -0.1) is 0 Å². The van der Waals surface area contributed by atoms with Gasteiger partial charge in [0.15, 0.2) is 0 Å². The standard InChI is InChI=1S/C11H25N/c1-7-9-11(6,8-2)12-10(3,4)5/h12H,7-9H2,1-6H3. The van der Waals surface area contributed by atoms with Crippen molar-refractivity contribution in [2.24, 2.45) is 0 Å². The zero-order valence-electron chi connectivity index (χ0n) is 9.62. The van der Waals surface area contributed by atoms with Crippen LogP contribution in [0.5, 0.6) is 0 Å². The Labute approximate surface area is 77.9 Å². The molecule has 0 fully saturated rings. The number of nitrogens with one attached hydrogen (secondary N) is 1. The molecule has 12 heavy (non-hydrogen) atoms. The first-order chi connectivity index (χ1) is 5.33. The average molecular weight is 171 g/mol. The second kappa shape index (κ2) is 4.27. The highest BCUT2D eigenvalue weighted by Crippen LogP contribution is 2.20. The van der Waals surface area contributed by atoms with E-state index in [2.05, 4.69) is 46.9 Å². The molecule has 1 nitrogen and oxygen atoms in total. The van der Waals surface area contributed by atoms with Crippen molar-refractivity contribution in [1.82, 2.24) is 5.32 Å². The molecule has 0 saturated heterocycles. The molecule has 0 aromatic heterocycles. The maximum Gasteiger partial charge on any atom is 0.0155 e. The third-order valence-electron chi connectivity index (χ3n) is 2.26. The van der Waals surface area contributed by atoms with Gasteiger partial charge in [0.2, 0.25) is 0 Å². The lowest BCUT2D eigenvalue weighted by atomic mass is 9.90. The Balaban J connectivity index is 4.14. The normalized spacial score (nSPS) is 17.5. The van der Waals surface area contributed by atoms with Gasteiger partial charge in [0.25, 0.3) is 0 Å². The molecule has 0 rings (SSSR count). The molecule has 0 radical (unpaired) electrons. The van der Waals surface area contributed by atoms with E-state index >= 15 is 0 Å². The maximum absolute atomic E-state index is 3.68. The summed E-state index contributed by atoms with van der Waals surface area (Å²) in [5.74, 6) is 0. The van der Waals surface area contributed by atoms with Crippen molar-refractivity contribution >= 4 is 0 Å². The van der Waals surface area contributed by atoms with Crippen molar-refractivity contribution in [3.05, 3.63) is 0 Å². The highest BCUT2D eigenvalue weighted by atomic mass is 15.0. The molecule has 0 aliphatic heterocycles. The Hall–Kier alpha value is -0.0400. The van der Waals surface area contributed by atoms with Crippen molar-refractivity contribution < 1.29 is 0 Å². The largest absolute Gasteiger partial charge is 0.307 e. The number of hydrogen-bond acceptors (Lipinski definition) is 1. The molecule has 1 heteroatoms. The van der Waals surface area contributed by atoms with Crippen molar-refractivity contribution in [2.75, 3.05) is 0 Å². The second-order valence-corrected chi connectivity index (χ2v) is 5.04. The van der Waals surface area contributed by atoms with E-state index < -0.39 is 0 Å². The Bertz CT molecular complexity index is 123. The average Bonchev–Trinajstić information content (AvgIpc) is 1.84. The number of hydrogen-bond donors (Lipinski definition) is 1. The van der Waals surface area contributed by atoms with E-state index in [9.17, 15) is 0 Å². The highest BCUT2D eigenvalue weighted by Gasteiger charge is 2.25. The van der Waals surface area contributed by atoms with Gasteiger partial charge in [0.05, 0.1) is 0 Å². The van der Waals surface area contributed by atoms with Crippen LogP contribution < -0.4 is 5.32 Å². The molecule has 74 valence electrons. The summed E-state index contributed by atoms with van der Waals surface area (Å²) in [7, 11) is 0. The minimum absolute atomic E-state index is 0.236. The first-order valence-corrected chi connectivity index (χ1v) is 5.12. The van der Waals surface area contributed by atoms with Gasteiger partial charge < -0.3 is 5.32 Å². The topological polar surface area (TPSA) is 12.0 Å². The molecule has 0 spiro atoms. The molecule has 0 saturated carbocycles. The molecule has 1 unspecified atom stereocenters. The van der Waals surface area contributed by atoms with Gasteiger partial charge in [-0.1, -0.05) is 20.3 Å². The molecule has 0 amide bonds. The van der Waals surface area contributed by atoms with E-state index in [0.29, 0.717) is 5.54 Å². The summed E-state index contributed by atoms with van der Waals surface area (Å²) in [6, 6.07) is 0. The van der Waals surface area contributed by atoms with Gasteiger partial charge >= 0.3 is 0 Å². The monoisotopic (exact) mass is 171 g/mol. The molecular weight excluding hydrogens is 146 g/mol. The van der Waals surface area contributed by atoms with E-state index in [4.69, 9.17) is 0 Å². The first kappa shape index (κ1) is 12.0. The molecular formula is C11H25N. The van der Waals surface area contributed by atoms with Gasteiger partial charge in [-0.25, -0.2) is 0 Å².